The van der Waals surface area contributed by atoms with Gasteiger partial charge in [-0.05, 0) is 32.0 Å². The molecule has 3 rings (SSSR count). The van der Waals surface area contributed by atoms with Gasteiger partial charge in [0.15, 0.2) is 11.5 Å². The minimum Gasteiger partial charge on any atom is -0.493 e. The Hall–Kier alpha value is -3.73. The molecule has 0 radical (unpaired) electrons. The van der Waals surface area contributed by atoms with Crippen molar-refractivity contribution in [1.82, 2.24) is 30.4 Å². The van der Waals surface area contributed by atoms with Gasteiger partial charge in [-0.3, -0.25) is 14.6 Å². The van der Waals surface area contributed by atoms with Gasteiger partial charge < -0.3 is 9.47 Å². The van der Waals surface area contributed by atoms with E-state index in [2.05, 4.69) is 30.8 Å². The van der Waals surface area contributed by atoms with Gasteiger partial charge in [0.2, 0.25) is 0 Å². The van der Waals surface area contributed by atoms with E-state index in [-0.39, 0.29) is 22.4 Å². The van der Waals surface area contributed by atoms with Gasteiger partial charge in [-0.1, -0.05) is 11.6 Å². The molecule has 30 heavy (non-hydrogen) atoms. The second-order valence-electron chi connectivity index (χ2n) is 6.05. The zero-order chi connectivity index (χ0) is 21.8. The van der Waals surface area contributed by atoms with E-state index in [4.69, 9.17) is 21.1 Å². The third-order valence-electron chi connectivity index (χ3n) is 4.00. The van der Waals surface area contributed by atoms with Crippen molar-refractivity contribution in [1.29, 1.82) is 0 Å². The molecule has 0 bridgehead atoms. The minimum atomic E-state index is -0.577. The van der Waals surface area contributed by atoms with Crippen LogP contribution < -0.4 is 20.5 Å². The maximum atomic E-state index is 12.6. The molecule has 2 heterocycles. The molecule has 2 N–H and O–H groups in total. The topological polar surface area (TPSA) is 136 Å². The van der Waals surface area contributed by atoms with Crippen molar-refractivity contribution in [3.8, 4) is 17.4 Å². The van der Waals surface area contributed by atoms with Crippen LogP contribution >= 0.6 is 11.6 Å². The number of carbonyl (C=O) groups is 1. The standard InChI is InChI=1S/C18H18ClN7O4/c1-9-7-12(26(25-9)18-21-16(27)10(2)22-24-18)17(28)23-20-8-11-5-6-13(29-3)15(30-4)14(11)19/h5-8H,1-4H3,(H,23,28)(H,21,24,27)/b20-8-. The van der Waals surface area contributed by atoms with E-state index < -0.39 is 11.5 Å². The van der Waals surface area contributed by atoms with Gasteiger partial charge >= 0.3 is 0 Å². The second-order valence-corrected chi connectivity index (χ2v) is 6.43. The molecule has 12 heteroatoms. The van der Waals surface area contributed by atoms with Crippen LogP contribution in [-0.4, -0.2) is 51.3 Å². The fourth-order valence-electron chi connectivity index (χ4n) is 2.52. The number of amides is 1. The molecule has 2 aromatic heterocycles. The Bertz CT molecular complexity index is 1190. The maximum absolute atomic E-state index is 12.6. The first kappa shape index (κ1) is 21.0. The molecule has 0 aliphatic heterocycles. The number of methoxy groups -OCH3 is 2. The van der Waals surface area contributed by atoms with Crippen LogP contribution in [0.3, 0.4) is 0 Å². The Labute approximate surface area is 175 Å². The smallest absolute Gasteiger partial charge is 0.290 e. The van der Waals surface area contributed by atoms with E-state index in [0.29, 0.717) is 22.8 Å². The number of hydrogen-bond acceptors (Lipinski definition) is 8. The molecule has 0 saturated heterocycles. The summed E-state index contributed by atoms with van der Waals surface area (Å²) in [6.45, 7) is 3.21. The molecule has 0 fully saturated rings. The third kappa shape index (κ3) is 4.15. The lowest BCUT2D eigenvalue weighted by atomic mass is 10.2. The van der Waals surface area contributed by atoms with Crippen LogP contribution in [0, 0.1) is 13.8 Å². The first-order valence-electron chi connectivity index (χ1n) is 8.60. The maximum Gasteiger partial charge on any atom is 0.290 e. The number of carbonyl (C=O) groups excluding carboxylic acids is 1. The van der Waals surface area contributed by atoms with Crippen molar-refractivity contribution in [2.75, 3.05) is 14.2 Å². The van der Waals surface area contributed by atoms with Crippen molar-refractivity contribution in [2.24, 2.45) is 5.10 Å². The zero-order valence-corrected chi connectivity index (χ0v) is 17.3. The van der Waals surface area contributed by atoms with Crippen LogP contribution in [0.25, 0.3) is 5.95 Å². The fourth-order valence-corrected chi connectivity index (χ4v) is 2.81. The van der Waals surface area contributed by atoms with Crippen LogP contribution in [0.5, 0.6) is 11.5 Å². The van der Waals surface area contributed by atoms with E-state index in [9.17, 15) is 9.59 Å². The van der Waals surface area contributed by atoms with E-state index in [1.165, 1.54) is 38.1 Å². The number of ether oxygens (including phenoxy) is 2. The van der Waals surface area contributed by atoms with Gasteiger partial charge in [-0.15, -0.1) is 10.2 Å². The molecule has 156 valence electrons. The third-order valence-corrected chi connectivity index (χ3v) is 4.39. The van der Waals surface area contributed by atoms with Gasteiger partial charge in [0.05, 0.1) is 31.2 Å². The summed E-state index contributed by atoms with van der Waals surface area (Å²) in [5, 5.41) is 16.0. The number of aryl methyl sites for hydroxylation is 2. The SMILES string of the molecule is COc1ccc(/C=N\NC(=O)c2cc(C)nn2-c2nnc(C)c(=O)[nH]2)c(Cl)c1OC. The van der Waals surface area contributed by atoms with E-state index >= 15 is 0 Å². The summed E-state index contributed by atoms with van der Waals surface area (Å²) in [7, 11) is 2.97. The van der Waals surface area contributed by atoms with Crippen LogP contribution in [0.15, 0.2) is 28.1 Å². The van der Waals surface area contributed by atoms with Gasteiger partial charge in [0, 0.05) is 5.56 Å². The van der Waals surface area contributed by atoms with Gasteiger partial charge in [-0.25, -0.2) is 5.43 Å². The van der Waals surface area contributed by atoms with E-state index in [1.807, 2.05) is 0 Å². The normalized spacial score (nSPS) is 11.0. The number of aromatic nitrogens is 5. The van der Waals surface area contributed by atoms with Crippen molar-refractivity contribution in [3.63, 3.8) is 0 Å². The van der Waals surface area contributed by atoms with Crippen molar-refractivity contribution in [3.05, 3.63) is 56.2 Å². The summed E-state index contributed by atoms with van der Waals surface area (Å²) in [4.78, 5) is 26.9. The summed E-state index contributed by atoms with van der Waals surface area (Å²) in [6.07, 6.45) is 1.36. The van der Waals surface area contributed by atoms with Gasteiger partial charge in [0.1, 0.15) is 11.4 Å². The van der Waals surface area contributed by atoms with Crippen LogP contribution in [-0.2, 0) is 0 Å². The summed E-state index contributed by atoms with van der Waals surface area (Å²) in [5.41, 5.74) is 3.31. The summed E-state index contributed by atoms with van der Waals surface area (Å²) >= 11 is 6.29. The number of aromatic amines is 1. The van der Waals surface area contributed by atoms with E-state index in [0.717, 1.165) is 0 Å². The number of benzene rings is 1. The number of hydrazone groups is 1. The Morgan fingerprint density at radius 2 is 2.03 bits per heavy atom. The highest BCUT2D eigenvalue weighted by Crippen LogP contribution is 2.36. The van der Waals surface area contributed by atoms with Crippen LogP contribution in [0.2, 0.25) is 5.02 Å². The Balaban J connectivity index is 1.84. The molecule has 0 spiro atoms. The highest BCUT2D eigenvalue weighted by Gasteiger charge is 2.17. The highest BCUT2D eigenvalue weighted by molar-refractivity contribution is 6.34. The van der Waals surface area contributed by atoms with Gasteiger partial charge in [0.25, 0.3) is 17.4 Å². The number of nitrogens with zero attached hydrogens (tertiary/aromatic N) is 5. The zero-order valence-electron chi connectivity index (χ0n) is 16.6. The largest absolute Gasteiger partial charge is 0.493 e. The number of rotatable bonds is 6. The fraction of sp³-hybridized carbons (Fsp3) is 0.222. The Morgan fingerprint density at radius 1 is 1.27 bits per heavy atom. The van der Waals surface area contributed by atoms with E-state index in [1.54, 1.807) is 19.1 Å². The molecule has 0 aliphatic rings. The summed E-state index contributed by atoms with van der Waals surface area (Å²) in [5.74, 6) is 0.253. The first-order valence-corrected chi connectivity index (χ1v) is 8.98. The van der Waals surface area contributed by atoms with Crippen molar-refractivity contribution in [2.45, 2.75) is 13.8 Å². The Kier molecular flexibility index (Phi) is 6.11. The minimum absolute atomic E-state index is 0.00997. The van der Waals surface area contributed by atoms with Gasteiger partial charge in [-0.2, -0.15) is 14.9 Å². The van der Waals surface area contributed by atoms with Crippen LogP contribution in [0.1, 0.15) is 27.4 Å². The monoisotopic (exact) mass is 431 g/mol. The molecule has 3 aromatic rings. The number of nitrogens with one attached hydrogen (secondary N) is 2. The lowest BCUT2D eigenvalue weighted by molar-refractivity contribution is 0.0947. The second kappa shape index (κ2) is 8.74. The lowest BCUT2D eigenvalue weighted by Crippen LogP contribution is -2.24. The van der Waals surface area contributed by atoms with Crippen molar-refractivity contribution < 1.29 is 14.3 Å². The molecule has 1 amide bonds. The lowest BCUT2D eigenvalue weighted by Gasteiger charge is -2.10. The number of hydrogen-bond donors (Lipinski definition) is 2. The highest BCUT2D eigenvalue weighted by atomic mass is 35.5. The molecule has 0 saturated carbocycles. The first-order chi connectivity index (χ1) is 14.3. The predicted molar refractivity (Wildman–Crippen MR) is 109 cm³/mol. The summed E-state index contributed by atoms with van der Waals surface area (Å²) < 4.78 is 11.6. The molecule has 0 aliphatic carbocycles. The molecule has 1 aromatic carbocycles. The van der Waals surface area contributed by atoms with Crippen molar-refractivity contribution >= 4 is 23.7 Å². The average molecular weight is 432 g/mol. The molecular weight excluding hydrogens is 414 g/mol. The quantitative estimate of drug-likeness (QED) is 0.444. The molecule has 0 unspecified atom stereocenters. The molecular formula is C18H18ClN7O4. The molecule has 11 nitrogen and oxygen atoms in total. The Morgan fingerprint density at radius 3 is 2.70 bits per heavy atom. The average Bonchev–Trinajstić information content (AvgIpc) is 3.12. The molecule has 0 atom stereocenters. The van der Waals surface area contributed by atoms with Crippen LogP contribution in [0.4, 0.5) is 0 Å². The summed E-state index contributed by atoms with van der Waals surface area (Å²) in [6, 6.07) is 4.85. The number of halogens is 1. The number of H-pyrrole nitrogens is 1. The predicted octanol–water partition coefficient (Wildman–Crippen LogP) is 1.40.